The van der Waals surface area contributed by atoms with Crippen LogP contribution in [0, 0.1) is 5.92 Å². The normalized spacial score (nSPS) is 16.3. The number of unbranched alkanes of at least 4 members (excludes halogenated alkanes) is 1. The van der Waals surface area contributed by atoms with Crippen LogP contribution in [0.2, 0.25) is 0 Å². The van der Waals surface area contributed by atoms with Crippen molar-refractivity contribution in [2.75, 3.05) is 39.3 Å². The van der Waals surface area contributed by atoms with Gasteiger partial charge in [-0.1, -0.05) is 6.07 Å². The number of nitrogens with one attached hydrogen (secondary N) is 2. The number of primary amides is 1. The number of piperidine rings is 1. The zero-order chi connectivity index (χ0) is 19.3. The predicted molar refractivity (Wildman–Crippen MR) is 110 cm³/mol. The van der Waals surface area contributed by atoms with Gasteiger partial charge in [-0.3, -0.25) is 14.8 Å². The third kappa shape index (κ3) is 8.39. The number of aliphatic imine (C=N–C) groups is 1. The van der Waals surface area contributed by atoms with E-state index in [1.807, 2.05) is 24.4 Å². The van der Waals surface area contributed by atoms with Crippen molar-refractivity contribution in [2.45, 2.75) is 39.0 Å². The fourth-order valence-corrected chi connectivity index (χ4v) is 3.28. The molecule has 150 valence electrons. The number of hydrogen-bond donors (Lipinski definition) is 3. The molecule has 1 aliphatic rings. The number of rotatable bonds is 10. The first kappa shape index (κ1) is 21.2. The first-order valence-electron chi connectivity index (χ1n) is 10.1. The summed E-state index contributed by atoms with van der Waals surface area (Å²) in [5.74, 6) is 0.803. The highest BCUT2D eigenvalue weighted by atomic mass is 16.1. The van der Waals surface area contributed by atoms with Gasteiger partial charge in [-0.15, -0.1) is 0 Å². The van der Waals surface area contributed by atoms with E-state index in [1.54, 1.807) is 0 Å². The minimum Gasteiger partial charge on any atom is -0.369 e. The first-order chi connectivity index (χ1) is 13.2. The zero-order valence-electron chi connectivity index (χ0n) is 16.5. The van der Waals surface area contributed by atoms with Crippen molar-refractivity contribution in [3.63, 3.8) is 0 Å². The van der Waals surface area contributed by atoms with E-state index in [9.17, 15) is 4.79 Å². The molecule has 1 saturated heterocycles. The molecule has 0 unspecified atom stereocenters. The van der Waals surface area contributed by atoms with Crippen LogP contribution in [0.3, 0.4) is 0 Å². The van der Waals surface area contributed by atoms with E-state index >= 15 is 0 Å². The molecule has 1 aromatic heterocycles. The summed E-state index contributed by atoms with van der Waals surface area (Å²) in [6.07, 6.45) is 6.69. The Balaban J connectivity index is 1.59. The molecule has 1 aliphatic heterocycles. The third-order valence-electron chi connectivity index (χ3n) is 4.89. The second-order valence-corrected chi connectivity index (χ2v) is 6.98. The number of carbonyl (C=O) groups excluding carboxylic acids is 1. The van der Waals surface area contributed by atoms with Crippen molar-refractivity contribution in [3.05, 3.63) is 30.1 Å². The lowest BCUT2D eigenvalue weighted by molar-refractivity contribution is -0.123. The second kappa shape index (κ2) is 12.3. The lowest BCUT2D eigenvalue weighted by Crippen LogP contribution is -2.39. The number of nitrogens with zero attached hydrogens (tertiary/aromatic N) is 3. The Hall–Kier alpha value is -2.15. The van der Waals surface area contributed by atoms with Gasteiger partial charge in [0.25, 0.3) is 0 Å². The number of nitrogens with two attached hydrogens (primary N) is 1. The lowest BCUT2D eigenvalue weighted by atomic mass is 9.96. The Bertz CT molecular complexity index is 569. The van der Waals surface area contributed by atoms with Gasteiger partial charge in [0, 0.05) is 43.9 Å². The lowest BCUT2D eigenvalue weighted by Gasteiger charge is -2.30. The quantitative estimate of drug-likeness (QED) is 0.324. The Morgan fingerprint density at radius 1 is 1.30 bits per heavy atom. The highest BCUT2D eigenvalue weighted by Gasteiger charge is 2.22. The zero-order valence-corrected chi connectivity index (χ0v) is 16.5. The standard InChI is InChI=1S/C20H34N6O/c1-2-22-20(25-13-8-18-7-3-4-11-23-18)24-12-5-6-14-26-15-9-17(10-16-26)19(21)27/h3-4,7,11,17H,2,5-6,8-10,12-16H2,1H3,(H2,21,27)(H2,22,24,25). The highest BCUT2D eigenvalue weighted by Crippen LogP contribution is 2.16. The summed E-state index contributed by atoms with van der Waals surface area (Å²) >= 11 is 0. The Labute approximate surface area is 162 Å². The molecule has 7 nitrogen and oxygen atoms in total. The highest BCUT2D eigenvalue weighted by molar-refractivity contribution is 5.79. The molecule has 27 heavy (non-hydrogen) atoms. The van der Waals surface area contributed by atoms with Gasteiger partial charge in [0.15, 0.2) is 5.96 Å². The summed E-state index contributed by atoms with van der Waals surface area (Å²) in [5.41, 5.74) is 6.47. The van der Waals surface area contributed by atoms with E-state index in [1.165, 1.54) is 0 Å². The van der Waals surface area contributed by atoms with Crippen molar-refractivity contribution in [1.29, 1.82) is 0 Å². The Morgan fingerprint density at radius 2 is 2.11 bits per heavy atom. The SMILES string of the molecule is CCNC(=NCCCCN1CCC(C(N)=O)CC1)NCCc1ccccn1. The van der Waals surface area contributed by atoms with E-state index in [-0.39, 0.29) is 11.8 Å². The van der Waals surface area contributed by atoms with Gasteiger partial charge in [0.1, 0.15) is 0 Å². The molecule has 0 radical (unpaired) electrons. The number of carbonyl (C=O) groups is 1. The maximum atomic E-state index is 11.2. The van der Waals surface area contributed by atoms with Crippen LogP contribution in [0.1, 0.15) is 38.3 Å². The van der Waals surface area contributed by atoms with E-state index < -0.39 is 0 Å². The van der Waals surface area contributed by atoms with Gasteiger partial charge in [-0.25, -0.2) is 0 Å². The van der Waals surface area contributed by atoms with E-state index in [4.69, 9.17) is 5.73 Å². The van der Waals surface area contributed by atoms with Crippen LogP contribution >= 0.6 is 0 Å². The van der Waals surface area contributed by atoms with Crippen molar-refractivity contribution >= 4 is 11.9 Å². The summed E-state index contributed by atoms with van der Waals surface area (Å²) in [6, 6.07) is 5.98. The van der Waals surface area contributed by atoms with Crippen LogP contribution in [0.5, 0.6) is 0 Å². The van der Waals surface area contributed by atoms with Gasteiger partial charge >= 0.3 is 0 Å². The van der Waals surface area contributed by atoms with Crippen LogP contribution in [-0.2, 0) is 11.2 Å². The van der Waals surface area contributed by atoms with Crippen LogP contribution in [0.4, 0.5) is 0 Å². The largest absolute Gasteiger partial charge is 0.369 e. The van der Waals surface area contributed by atoms with Gasteiger partial charge < -0.3 is 21.3 Å². The van der Waals surface area contributed by atoms with E-state index in [0.29, 0.717) is 0 Å². The number of likely N-dealkylation sites (tertiary alicyclic amines) is 1. The maximum absolute atomic E-state index is 11.2. The fraction of sp³-hybridized carbons (Fsp3) is 0.650. The maximum Gasteiger partial charge on any atom is 0.220 e. The summed E-state index contributed by atoms with van der Waals surface area (Å²) in [6.45, 7) is 7.60. The number of guanidine groups is 1. The molecular formula is C20H34N6O. The van der Waals surface area contributed by atoms with Crippen LogP contribution in [-0.4, -0.2) is 61.0 Å². The van der Waals surface area contributed by atoms with Crippen molar-refractivity contribution in [2.24, 2.45) is 16.6 Å². The Kier molecular flexibility index (Phi) is 9.62. The predicted octanol–water partition coefficient (Wildman–Crippen LogP) is 1.16. The Morgan fingerprint density at radius 3 is 2.78 bits per heavy atom. The molecule has 1 fully saturated rings. The van der Waals surface area contributed by atoms with Crippen LogP contribution in [0.25, 0.3) is 0 Å². The third-order valence-corrected chi connectivity index (χ3v) is 4.89. The first-order valence-corrected chi connectivity index (χ1v) is 10.1. The molecule has 1 amide bonds. The summed E-state index contributed by atoms with van der Waals surface area (Å²) in [4.78, 5) is 22.6. The van der Waals surface area contributed by atoms with E-state index in [0.717, 1.165) is 83.0 Å². The monoisotopic (exact) mass is 374 g/mol. The minimum atomic E-state index is -0.143. The smallest absolute Gasteiger partial charge is 0.220 e. The molecule has 4 N–H and O–H groups in total. The minimum absolute atomic E-state index is 0.0747. The van der Waals surface area contributed by atoms with Crippen molar-refractivity contribution < 1.29 is 4.79 Å². The fourth-order valence-electron chi connectivity index (χ4n) is 3.28. The number of amides is 1. The van der Waals surface area contributed by atoms with E-state index in [2.05, 4.69) is 32.4 Å². The number of aromatic nitrogens is 1. The van der Waals surface area contributed by atoms with Gasteiger partial charge in [-0.05, 0) is 64.4 Å². The average Bonchev–Trinajstić information content (AvgIpc) is 2.69. The molecule has 0 atom stereocenters. The summed E-state index contributed by atoms with van der Waals surface area (Å²) in [5, 5.41) is 6.66. The van der Waals surface area contributed by atoms with Crippen molar-refractivity contribution in [1.82, 2.24) is 20.5 Å². The van der Waals surface area contributed by atoms with Crippen LogP contribution < -0.4 is 16.4 Å². The van der Waals surface area contributed by atoms with Gasteiger partial charge in [0.05, 0.1) is 0 Å². The molecule has 0 bridgehead atoms. The second-order valence-electron chi connectivity index (χ2n) is 6.98. The molecule has 1 aromatic rings. The molecule has 0 aliphatic carbocycles. The molecule has 2 heterocycles. The van der Waals surface area contributed by atoms with Gasteiger partial charge in [0.2, 0.25) is 5.91 Å². The molecule has 0 spiro atoms. The molecular weight excluding hydrogens is 340 g/mol. The van der Waals surface area contributed by atoms with Crippen LogP contribution in [0.15, 0.2) is 29.4 Å². The molecule has 0 saturated carbocycles. The topological polar surface area (TPSA) is 95.6 Å². The van der Waals surface area contributed by atoms with Gasteiger partial charge in [-0.2, -0.15) is 0 Å². The van der Waals surface area contributed by atoms with Crippen molar-refractivity contribution in [3.8, 4) is 0 Å². The number of pyridine rings is 1. The molecule has 0 aromatic carbocycles. The molecule has 2 rings (SSSR count). The summed E-state index contributed by atoms with van der Waals surface area (Å²) < 4.78 is 0. The molecule has 7 heteroatoms. The summed E-state index contributed by atoms with van der Waals surface area (Å²) in [7, 11) is 0. The average molecular weight is 375 g/mol. The number of hydrogen-bond acceptors (Lipinski definition) is 4.